The third-order valence-electron chi connectivity index (χ3n) is 8.12. The summed E-state index contributed by atoms with van der Waals surface area (Å²) in [7, 11) is 0. The molecular formula is C26H30ClFN2O2. The Morgan fingerprint density at radius 1 is 0.844 bits per heavy atom. The van der Waals surface area contributed by atoms with Crippen LogP contribution in [0.25, 0.3) is 0 Å². The molecule has 6 heterocycles. The monoisotopic (exact) mass is 456 g/mol. The number of hydrogen-bond acceptors (Lipinski definition) is 4. The van der Waals surface area contributed by atoms with Crippen LogP contribution in [0, 0.1) is 23.6 Å². The van der Waals surface area contributed by atoms with Crippen LogP contribution in [0.4, 0.5) is 4.39 Å². The second-order valence-corrected chi connectivity index (χ2v) is 10.3. The van der Waals surface area contributed by atoms with Gasteiger partial charge in [0.05, 0.1) is 6.04 Å². The van der Waals surface area contributed by atoms with Crippen molar-refractivity contribution in [1.82, 2.24) is 9.80 Å². The summed E-state index contributed by atoms with van der Waals surface area (Å²) >= 11 is 6.25. The SMILES string of the molecule is Fc1ccc(O[C@H]2CN3CCC2C(C2[C@H](Oc4cccc(Cl)c4)C4CCN2CC4)C3)cc1. The van der Waals surface area contributed by atoms with Crippen LogP contribution in [0.2, 0.25) is 5.02 Å². The molecule has 0 radical (unpaired) electrons. The molecule has 2 aromatic rings. The van der Waals surface area contributed by atoms with Crippen molar-refractivity contribution in [2.45, 2.75) is 37.5 Å². The largest absolute Gasteiger partial charge is 0.489 e. The lowest BCUT2D eigenvalue weighted by Gasteiger charge is -2.59. The van der Waals surface area contributed by atoms with Crippen LogP contribution in [0.3, 0.4) is 0 Å². The molecule has 6 saturated heterocycles. The summed E-state index contributed by atoms with van der Waals surface area (Å²) in [5.74, 6) is 3.00. The number of fused-ring (bicyclic) bond motifs is 7. The molecule has 170 valence electrons. The maximum Gasteiger partial charge on any atom is 0.123 e. The Bertz CT molecular complexity index is 949. The number of piperidine rings is 6. The molecule has 6 fully saturated rings. The van der Waals surface area contributed by atoms with Crippen molar-refractivity contribution >= 4 is 11.6 Å². The zero-order chi connectivity index (χ0) is 21.7. The highest BCUT2D eigenvalue weighted by atomic mass is 35.5. The van der Waals surface area contributed by atoms with E-state index in [4.69, 9.17) is 21.1 Å². The molecule has 6 heteroatoms. The van der Waals surface area contributed by atoms with Crippen LogP contribution in [-0.4, -0.2) is 60.8 Å². The van der Waals surface area contributed by atoms with Gasteiger partial charge in [0, 0.05) is 24.0 Å². The van der Waals surface area contributed by atoms with Crippen molar-refractivity contribution in [3.05, 3.63) is 59.4 Å². The zero-order valence-corrected chi connectivity index (χ0v) is 19.0. The average Bonchev–Trinajstić information content (AvgIpc) is 2.82. The fourth-order valence-electron chi connectivity index (χ4n) is 6.67. The molecule has 0 spiro atoms. The van der Waals surface area contributed by atoms with Gasteiger partial charge in [0.25, 0.3) is 0 Å². The van der Waals surface area contributed by atoms with E-state index in [1.54, 1.807) is 12.1 Å². The Labute approximate surface area is 194 Å². The third kappa shape index (κ3) is 3.89. The van der Waals surface area contributed by atoms with Gasteiger partial charge in [-0.2, -0.15) is 0 Å². The summed E-state index contributed by atoms with van der Waals surface area (Å²) < 4.78 is 26.5. The van der Waals surface area contributed by atoms with Gasteiger partial charge in [-0.1, -0.05) is 17.7 Å². The molecule has 6 aliphatic heterocycles. The minimum atomic E-state index is -0.226. The first kappa shape index (κ1) is 20.8. The van der Waals surface area contributed by atoms with Crippen molar-refractivity contribution in [3.8, 4) is 11.5 Å². The second kappa shape index (κ2) is 8.51. The predicted molar refractivity (Wildman–Crippen MR) is 123 cm³/mol. The second-order valence-electron chi connectivity index (χ2n) is 9.89. The van der Waals surface area contributed by atoms with Crippen LogP contribution < -0.4 is 9.47 Å². The molecule has 0 saturated carbocycles. The number of hydrogen-bond donors (Lipinski definition) is 0. The highest BCUT2D eigenvalue weighted by Gasteiger charge is 2.53. The Morgan fingerprint density at radius 3 is 2.41 bits per heavy atom. The predicted octanol–water partition coefficient (Wildman–Crippen LogP) is 4.72. The van der Waals surface area contributed by atoms with Crippen LogP contribution in [-0.2, 0) is 0 Å². The maximum atomic E-state index is 13.4. The number of nitrogens with zero attached hydrogens (tertiary/aromatic N) is 2. The van der Waals surface area contributed by atoms with E-state index in [1.165, 1.54) is 25.0 Å². The lowest BCUT2D eigenvalue weighted by atomic mass is 9.67. The lowest BCUT2D eigenvalue weighted by molar-refractivity contribution is -0.136. The quantitative estimate of drug-likeness (QED) is 0.650. The van der Waals surface area contributed by atoms with Gasteiger partial charge >= 0.3 is 0 Å². The first-order valence-corrected chi connectivity index (χ1v) is 12.3. The standard InChI is InChI=1S/C26H30ClFN2O2/c27-18-2-1-3-21(14-18)32-26-17-8-12-30(13-9-17)25(26)23-15-29-11-10-22(23)24(16-29)31-20-6-4-19(28)5-7-20/h1-7,14,17,22-26H,8-13,15-16H2/t22?,23?,24-,25?,26+/m0/s1. The van der Waals surface area contributed by atoms with Crippen LogP contribution in [0.15, 0.2) is 48.5 Å². The van der Waals surface area contributed by atoms with Gasteiger partial charge in [0.15, 0.2) is 0 Å². The topological polar surface area (TPSA) is 24.9 Å². The van der Waals surface area contributed by atoms with E-state index in [0.717, 1.165) is 55.7 Å². The first-order chi connectivity index (χ1) is 15.6. The highest BCUT2D eigenvalue weighted by Crippen LogP contribution is 2.45. The summed E-state index contributed by atoms with van der Waals surface area (Å²) in [5, 5.41) is 0.718. The zero-order valence-electron chi connectivity index (χ0n) is 18.2. The Balaban J connectivity index is 1.26. The summed E-state index contributed by atoms with van der Waals surface area (Å²) in [5.41, 5.74) is 0. The van der Waals surface area contributed by atoms with Crippen molar-refractivity contribution in [1.29, 1.82) is 0 Å². The number of benzene rings is 2. The van der Waals surface area contributed by atoms with E-state index in [2.05, 4.69) is 9.80 Å². The van der Waals surface area contributed by atoms with Crippen LogP contribution >= 0.6 is 11.6 Å². The smallest absolute Gasteiger partial charge is 0.123 e. The number of rotatable bonds is 5. The molecule has 0 N–H and O–H groups in total. The molecule has 4 bridgehead atoms. The van der Waals surface area contributed by atoms with Crippen LogP contribution in [0.1, 0.15) is 19.3 Å². The van der Waals surface area contributed by atoms with Crippen molar-refractivity contribution < 1.29 is 13.9 Å². The van der Waals surface area contributed by atoms with E-state index in [-0.39, 0.29) is 18.0 Å². The van der Waals surface area contributed by atoms with E-state index in [1.807, 2.05) is 24.3 Å². The van der Waals surface area contributed by atoms with Gasteiger partial charge in [-0.15, -0.1) is 0 Å². The molecule has 4 unspecified atom stereocenters. The molecule has 0 aliphatic carbocycles. The number of halogens is 2. The molecule has 8 rings (SSSR count). The Kier molecular flexibility index (Phi) is 5.52. The third-order valence-corrected chi connectivity index (χ3v) is 8.35. The number of ether oxygens (including phenoxy) is 2. The summed E-state index contributed by atoms with van der Waals surface area (Å²) in [6.45, 7) is 5.53. The minimum Gasteiger partial charge on any atom is -0.489 e. The Morgan fingerprint density at radius 2 is 1.66 bits per heavy atom. The molecule has 0 aromatic heterocycles. The molecule has 0 amide bonds. The van der Waals surface area contributed by atoms with Gasteiger partial charge in [0.1, 0.15) is 29.5 Å². The molecule has 4 nitrogen and oxygen atoms in total. The summed E-state index contributed by atoms with van der Waals surface area (Å²) in [4.78, 5) is 5.23. The Hall–Kier alpha value is -1.82. The van der Waals surface area contributed by atoms with Crippen molar-refractivity contribution in [3.63, 3.8) is 0 Å². The fraction of sp³-hybridized carbons (Fsp3) is 0.538. The van der Waals surface area contributed by atoms with Gasteiger partial charge in [-0.25, -0.2) is 4.39 Å². The van der Waals surface area contributed by atoms with E-state index < -0.39 is 0 Å². The first-order valence-electron chi connectivity index (χ1n) is 11.9. The van der Waals surface area contributed by atoms with Gasteiger partial charge in [-0.05, 0) is 93.2 Å². The summed E-state index contributed by atoms with van der Waals surface area (Å²) in [6.07, 6.45) is 3.89. The molecule has 6 atom stereocenters. The van der Waals surface area contributed by atoms with E-state index >= 15 is 0 Å². The molecule has 32 heavy (non-hydrogen) atoms. The van der Waals surface area contributed by atoms with Gasteiger partial charge in [-0.3, -0.25) is 9.80 Å². The maximum absolute atomic E-state index is 13.4. The fourth-order valence-corrected chi connectivity index (χ4v) is 6.85. The minimum absolute atomic E-state index is 0.140. The average molecular weight is 457 g/mol. The molecule has 6 aliphatic rings. The van der Waals surface area contributed by atoms with Crippen LogP contribution in [0.5, 0.6) is 11.5 Å². The molecule has 2 aromatic carbocycles. The molecular weight excluding hydrogens is 427 g/mol. The van der Waals surface area contributed by atoms with E-state index in [9.17, 15) is 4.39 Å². The highest BCUT2D eigenvalue weighted by molar-refractivity contribution is 6.30. The normalized spacial score (nSPS) is 37.9. The van der Waals surface area contributed by atoms with Gasteiger partial charge < -0.3 is 9.47 Å². The summed E-state index contributed by atoms with van der Waals surface area (Å²) in [6, 6.07) is 14.7. The van der Waals surface area contributed by atoms with Crippen molar-refractivity contribution in [2.75, 3.05) is 32.7 Å². The van der Waals surface area contributed by atoms with Crippen molar-refractivity contribution in [2.24, 2.45) is 17.8 Å². The van der Waals surface area contributed by atoms with Gasteiger partial charge in [0.2, 0.25) is 0 Å². The van der Waals surface area contributed by atoms with E-state index in [0.29, 0.717) is 23.8 Å². The lowest BCUT2D eigenvalue weighted by Crippen LogP contribution is -2.69.